The second kappa shape index (κ2) is 13.5. The Bertz CT molecular complexity index is 2670. The monoisotopic (exact) mass is 680 g/mol. The number of fused-ring (bicyclic) bond motifs is 4. The topological polar surface area (TPSA) is 8.17 Å². The highest BCUT2D eigenvalue weighted by Gasteiger charge is 2.18. The molecule has 2 heterocycles. The fourth-order valence-electron chi connectivity index (χ4n) is 7.62. The molecule has 1 aromatic heterocycles. The minimum atomic E-state index is 0.522. The molecule has 0 unspecified atom stereocenters. The Hall–Kier alpha value is -6.64. The van der Waals surface area contributed by atoms with Crippen LogP contribution in [0.1, 0.15) is 30.9 Å². The molecule has 9 rings (SSSR count). The summed E-state index contributed by atoms with van der Waals surface area (Å²) in [6.45, 7) is 8.96. The van der Waals surface area contributed by atoms with E-state index < -0.39 is 0 Å². The van der Waals surface area contributed by atoms with E-state index in [-0.39, 0.29) is 0 Å². The van der Waals surface area contributed by atoms with E-state index in [0.717, 1.165) is 33.8 Å². The van der Waals surface area contributed by atoms with Crippen LogP contribution in [0.3, 0.4) is 0 Å². The van der Waals surface area contributed by atoms with Crippen molar-refractivity contribution in [1.82, 2.24) is 4.57 Å². The molecule has 2 heteroatoms. The molecule has 2 nitrogen and oxygen atoms in total. The first-order chi connectivity index (χ1) is 26.0. The lowest BCUT2D eigenvalue weighted by molar-refractivity contribution is 0.867. The summed E-state index contributed by atoms with van der Waals surface area (Å²) in [6.07, 6.45) is 8.39. The van der Waals surface area contributed by atoms with Gasteiger partial charge in [0.05, 0.1) is 16.7 Å². The summed E-state index contributed by atoms with van der Waals surface area (Å²) in [7, 11) is 0. The zero-order chi connectivity index (χ0) is 35.9. The van der Waals surface area contributed by atoms with Crippen LogP contribution in [-0.2, 0) is 0 Å². The summed E-state index contributed by atoms with van der Waals surface area (Å²) >= 11 is 0. The van der Waals surface area contributed by atoms with Crippen LogP contribution in [0.5, 0.6) is 0 Å². The van der Waals surface area contributed by atoms with E-state index in [1.165, 1.54) is 55.2 Å². The van der Waals surface area contributed by atoms with E-state index >= 15 is 0 Å². The first-order valence-corrected chi connectivity index (χ1v) is 18.4. The number of rotatable bonds is 6. The zero-order valence-electron chi connectivity index (χ0n) is 30.1. The first-order valence-electron chi connectivity index (χ1n) is 18.4. The third kappa shape index (κ3) is 5.99. The van der Waals surface area contributed by atoms with Crippen LogP contribution in [0.2, 0.25) is 0 Å². The number of hydrogen-bond donors (Lipinski definition) is 0. The van der Waals surface area contributed by atoms with Gasteiger partial charge in [-0.3, -0.25) is 0 Å². The van der Waals surface area contributed by atoms with E-state index in [4.69, 9.17) is 0 Å². The van der Waals surface area contributed by atoms with Crippen molar-refractivity contribution in [2.45, 2.75) is 19.8 Å². The smallest absolute Gasteiger partial charge is 0.0541 e. The minimum Gasteiger partial charge on any atom is -0.317 e. The van der Waals surface area contributed by atoms with Crippen molar-refractivity contribution >= 4 is 38.8 Å². The van der Waals surface area contributed by atoms with Gasteiger partial charge < -0.3 is 9.47 Å². The molecule has 0 saturated carbocycles. The van der Waals surface area contributed by atoms with E-state index in [1.54, 1.807) is 0 Å². The Balaban J connectivity index is 1.08. The van der Waals surface area contributed by atoms with Crippen LogP contribution >= 0.6 is 0 Å². The van der Waals surface area contributed by atoms with Gasteiger partial charge in [-0.25, -0.2) is 0 Å². The summed E-state index contributed by atoms with van der Waals surface area (Å²) < 4.78 is 2.38. The lowest BCUT2D eigenvalue weighted by Crippen LogP contribution is -2.11. The second-order valence-corrected chi connectivity index (χ2v) is 14.1. The van der Waals surface area contributed by atoms with Gasteiger partial charge >= 0.3 is 0 Å². The van der Waals surface area contributed by atoms with Gasteiger partial charge in [-0.1, -0.05) is 142 Å². The number of nitrogens with zero attached hydrogens (tertiary/aromatic N) is 2. The molecule has 0 saturated heterocycles. The summed E-state index contributed by atoms with van der Waals surface area (Å²) in [5, 5.41) is 2.48. The fraction of sp³-hybridized carbons (Fsp3) is 0.0588. The molecule has 0 fully saturated rings. The van der Waals surface area contributed by atoms with Gasteiger partial charge in [0.2, 0.25) is 0 Å². The van der Waals surface area contributed by atoms with Gasteiger partial charge in [0.25, 0.3) is 0 Å². The summed E-state index contributed by atoms with van der Waals surface area (Å²) in [5.74, 6) is 0.522. The molecular weight excluding hydrogens is 641 g/mol. The standard InChI is InChI=1S/C51H40N2/c1-35(2)37-16-18-39(19-17-37)41-20-26-44(27-21-41)52-32-10-9-11-36(3)47-33-42(24-30-49(47)52)43-25-31-51-48(34-43)46-14-7-8-15-50(46)53(51)45-28-22-40(23-29-45)38-12-5-4-6-13-38/h4-35H,3H2,1-2H3/b11-9-,32-10-. The summed E-state index contributed by atoms with van der Waals surface area (Å²) in [5.41, 5.74) is 16.4. The Morgan fingerprint density at radius 1 is 0.472 bits per heavy atom. The average Bonchev–Trinajstić information content (AvgIpc) is 3.54. The molecule has 8 aromatic rings. The van der Waals surface area contributed by atoms with Crippen LogP contribution in [0.15, 0.2) is 195 Å². The molecule has 0 radical (unpaired) electrons. The Morgan fingerprint density at radius 2 is 1.04 bits per heavy atom. The van der Waals surface area contributed by atoms with Gasteiger partial charge in [0.1, 0.15) is 0 Å². The van der Waals surface area contributed by atoms with E-state index in [1.807, 2.05) is 0 Å². The Morgan fingerprint density at radius 3 is 1.75 bits per heavy atom. The van der Waals surface area contributed by atoms with Crippen molar-refractivity contribution < 1.29 is 0 Å². The predicted molar refractivity (Wildman–Crippen MR) is 227 cm³/mol. The molecule has 0 atom stereocenters. The molecular formula is C51H40N2. The molecule has 1 aliphatic rings. The van der Waals surface area contributed by atoms with Crippen molar-refractivity contribution in [2.24, 2.45) is 0 Å². The molecule has 1 aliphatic heterocycles. The molecule has 0 spiro atoms. The van der Waals surface area contributed by atoms with Crippen LogP contribution in [-0.4, -0.2) is 4.57 Å². The maximum absolute atomic E-state index is 4.50. The highest BCUT2D eigenvalue weighted by atomic mass is 15.1. The highest BCUT2D eigenvalue weighted by molar-refractivity contribution is 6.10. The lowest BCUT2D eigenvalue weighted by Gasteiger charge is -2.26. The van der Waals surface area contributed by atoms with Crippen molar-refractivity contribution in [3.05, 3.63) is 206 Å². The van der Waals surface area contributed by atoms with E-state index in [9.17, 15) is 0 Å². The number of para-hydroxylation sites is 1. The van der Waals surface area contributed by atoms with Crippen LogP contribution in [0, 0.1) is 0 Å². The zero-order valence-corrected chi connectivity index (χ0v) is 30.1. The number of benzene rings is 7. The minimum absolute atomic E-state index is 0.522. The molecule has 53 heavy (non-hydrogen) atoms. The lowest BCUT2D eigenvalue weighted by atomic mass is 9.95. The molecule has 0 bridgehead atoms. The summed E-state index contributed by atoms with van der Waals surface area (Å²) in [4.78, 5) is 2.26. The second-order valence-electron chi connectivity index (χ2n) is 14.1. The van der Waals surface area contributed by atoms with Gasteiger partial charge in [-0.15, -0.1) is 0 Å². The molecule has 7 aromatic carbocycles. The van der Waals surface area contributed by atoms with Crippen molar-refractivity contribution in [3.8, 4) is 39.1 Å². The fourth-order valence-corrected chi connectivity index (χ4v) is 7.62. The normalized spacial score (nSPS) is 13.9. The van der Waals surface area contributed by atoms with Gasteiger partial charge in [0, 0.05) is 33.9 Å². The quantitative estimate of drug-likeness (QED) is 0.170. The summed E-state index contributed by atoms with van der Waals surface area (Å²) in [6, 6.07) is 59.6. The van der Waals surface area contributed by atoms with Crippen molar-refractivity contribution in [2.75, 3.05) is 4.90 Å². The van der Waals surface area contributed by atoms with Gasteiger partial charge in [0.15, 0.2) is 0 Å². The van der Waals surface area contributed by atoms with Crippen molar-refractivity contribution in [1.29, 1.82) is 0 Å². The molecule has 0 N–H and O–H groups in total. The van der Waals surface area contributed by atoms with E-state index in [2.05, 4.69) is 218 Å². The Kier molecular flexibility index (Phi) is 8.21. The van der Waals surface area contributed by atoms with Crippen molar-refractivity contribution in [3.63, 3.8) is 0 Å². The first kappa shape index (κ1) is 32.3. The Labute approximate surface area is 311 Å². The highest BCUT2D eigenvalue weighted by Crippen LogP contribution is 2.40. The number of hydrogen-bond acceptors (Lipinski definition) is 1. The molecule has 254 valence electrons. The largest absolute Gasteiger partial charge is 0.317 e. The van der Waals surface area contributed by atoms with E-state index in [0.29, 0.717) is 5.92 Å². The third-order valence-corrected chi connectivity index (χ3v) is 10.5. The average molecular weight is 681 g/mol. The third-order valence-electron chi connectivity index (χ3n) is 10.5. The maximum Gasteiger partial charge on any atom is 0.0541 e. The molecule has 0 amide bonds. The molecule has 0 aliphatic carbocycles. The maximum atomic E-state index is 4.50. The number of allylic oxidation sites excluding steroid dienone is 4. The van der Waals surface area contributed by atoms with Crippen LogP contribution in [0.25, 0.3) is 66.4 Å². The van der Waals surface area contributed by atoms with Crippen LogP contribution < -0.4 is 4.90 Å². The predicted octanol–water partition coefficient (Wildman–Crippen LogP) is 14.1. The van der Waals surface area contributed by atoms with Crippen LogP contribution in [0.4, 0.5) is 11.4 Å². The van der Waals surface area contributed by atoms with Gasteiger partial charge in [-0.05, 0) is 111 Å². The SMILES string of the molecule is C=C1/C=C\C=C/N(c2ccc(-c3ccc(C(C)C)cc3)cc2)c2ccc(-c3ccc4c(c3)c3ccccc3n4-c3ccc(-c4ccccc4)cc3)cc21. The number of aromatic nitrogens is 1. The number of anilines is 2. The van der Waals surface area contributed by atoms with Gasteiger partial charge in [-0.2, -0.15) is 0 Å².